The number of rotatable bonds is 3. The first kappa shape index (κ1) is 14.6. The van der Waals surface area contributed by atoms with Crippen molar-refractivity contribution >= 4 is 22.2 Å². The van der Waals surface area contributed by atoms with Crippen LogP contribution < -0.4 is 4.72 Å². The van der Waals surface area contributed by atoms with Crippen LogP contribution in [0.15, 0.2) is 0 Å². The molecule has 2 saturated carbocycles. The Morgan fingerprint density at radius 2 is 2.00 bits per heavy atom. The molecule has 1 saturated heterocycles. The SMILES string of the molecule is O=C1OC2C3CC(CC13)C2OS(=O)(=O)NC(=O)C(F)(F)F. The third-order valence-corrected chi connectivity index (χ3v) is 5.04. The van der Waals surface area contributed by atoms with Gasteiger partial charge >= 0.3 is 28.4 Å². The highest BCUT2D eigenvalue weighted by molar-refractivity contribution is 7.85. The van der Waals surface area contributed by atoms with Crippen LogP contribution in [0.2, 0.25) is 0 Å². The Balaban J connectivity index is 1.70. The number of hydrogen-bond donors (Lipinski definition) is 1. The summed E-state index contributed by atoms with van der Waals surface area (Å²) in [7, 11) is -4.92. The minimum Gasteiger partial charge on any atom is -0.459 e. The van der Waals surface area contributed by atoms with Gasteiger partial charge in [0.15, 0.2) is 0 Å². The smallest absolute Gasteiger partial charge is 0.459 e. The van der Waals surface area contributed by atoms with Gasteiger partial charge in [0.2, 0.25) is 0 Å². The molecule has 0 aromatic rings. The molecule has 1 N–H and O–H groups in total. The minimum absolute atomic E-state index is 0.166. The first-order valence-corrected chi connectivity index (χ1v) is 7.52. The number of amides is 1. The summed E-state index contributed by atoms with van der Waals surface area (Å²) in [6, 6.07) is 0. The predicted molar refractivity (Wildman–Crippen MR) is 57.6 cm³/mol. The first-order valence-electron chi connectivity index (χ1n) is 6.11. The maximum absolute atomic E-state index is 12.0. The van der Waals surface area contributed by atoms with Gasteiger partial charge < -0.3 is 4.74 Å². The lowest BCUT2D eigenvalue weighted by Crippen LogP contribution is -2.45. The van der Waals surface area contributed by atoms with Crippen LogP contribution in [0.1, 0.15) is 12.8 Å². The summed E-state index contributed by atoms with van der Waals surface area (Å²) in [5, 5.41) is 0. The van der Waals surface area contributed by atoms with Crippen molar-refractivity contribution in [1.29, 1.82) is 0 Å². The molecule has 3 aliphatic rings. The summed E-state index contributed by atoms with van der Waals surface area (Å²) in [5.74, 6) is -3.80. The molecule has 7 nitrogen and oxygen atoms in total. The monoisotopic (exact) mass is 329 g/mol. The molecule has 1 aliphatic heterocycles. The Labute approximate surface area is 117 Å². The van der Waals surface area contributed by atoms with E-state index in [4.69, 9.17) is 4.74 Å². The number of esters is 1. The topological polar surface area (TPSA) is 98.8 Å². The highest BCUT2D eigenvalue weighted by atomic mass is 32.2. The lowest BCUT2D eigenvalue weighted by Gasteiger charge is -2.24. The maximum atomic E-state index is 12.0. The van der Waals surface area contributed by atoms with E-state index < -0.39 is 40.6 Å². The average Bonchev–Trinajstić information content (AvgIpc) is 2.91. The van der Waals surface area contributed by atoms with E-state index in [0.29, 0.717) is 12.8 Å². The summed E-state index contributed by atoms with van der Waals surface area (Å²) in [6.45, 7) is 0. The summed E-state index contributed by atoms with van der Waals surface area (Å²) in [5.41, 5.74) is 0. The molecule has 3 rings (SSSR count). The molecule has 3 fully saturated rings. The Morgan fingerprint density at radius 1 is 1.33 bits per heavy atom. The molecule has 2 bridgehead atoms. The van der Waals surface area contributed by atoms with Crippen LogP contribution in [0, 0.1) is 17.8 Å². The number of fused-ring (bicyclic) bond motifs is 1. The summed E-state index contributed by atoms with van der Waals surface area (Å²) < 4.78 is 69.5. The van der Waals surface area contributed by atoms with Crippen molar-refractivity contribution in [3.05, 3.63) is 0 Å². The van der Waals surface area contributed by atoms with E-state index in [-0.39, 0.29) is 17.8 Å². The van der Waals surface area contributed by atoms with Crippen molar-refractivity contribution in [2.75, 3.05) is 0 Å². The second-order valence-corrected chi connectivity index (χ2v) is 6.65. The fourth-order valence-corrected chi connectivity index (χ4v) is 4.33. The molecule has 0 spiro atoms. The third-order valence-electron chi connectivity index (χ3n) is 4.13. The number of alkyl halides is 3. The first-order chi connectivity index (χ1) is 9.58. The van der Waals surface area contributed by atoms with E-state index in [1.807, 2.05) is 0 Å². The zero-order valence-corrected chi connectivity index (χ0v) is 11.1. The van der Waals surface area contributed by atoms with E-state index in [1.54, 1.807) is 0 Å². The van der Waals surface area contributed by atoms with Gasteiger partial charge in [0, 0.05) is 5.92 Å². The van der Waals surface area contributed by atoms with Crippen LogP contribution in [0.4, 0.5) is 13.2 Å². The Morgan fingerprint density at radius 3 is 2.62 bits per heavy atom. The van der Waals surface area contributed by atoms with E-state index >= 15 is 0 Å². The van der Waals surface area contributed by atoms with Crippen LogP contribution >= 0.6 is 0 Å². The fourth-order valence-electron chi connectivity index (χ4n) is 3.38. The standard InChI is InChI=1S/C10H10F3NO6S/c11-10(12,13)9(16)14-21(17,18)20-6-3-1-4-5(2-3)8(15)19-7(4)6/h3-7H,1-2H2,(H,14,16). The van der Waals surface area contributed by atoms with Gasteiger partial charge in [-0.3, -0.25) is 9.59 Å². The lowest BCUT2D eigenvalue weighted by molar-refractivity contribution is -0.171. The van der Waals surface area contributed by atoms with Gasteiger partial charge in [0.25, 0.3) is 0 Å². The molecule has 0 aromatic carbocycles. The predicted octanol–water partition coefficient (Wildman–Crippen LogP) is -0.124. The molecule has 0 radical (unpaired) electrons. The summed E-state index contributed by atoms with van der Waals surface area (Å²) >= 11 is 0. The number of carbonyl (C=O) groups excluding carboxylic acids is 2. The van der Waals surface area contributed by atoms with E-state index in [0.717, 1.165) is 4.72 Å². The Kier molecular flexibility index (Phi) is 3.00. The average molecular weight is 329 g/mol. The van der Waals surface area contributed by atoms with Crippen molar-refractivity contribution in [1.82, 2.24) is 4.72 Å². The molecular formula is C10H10F3NO6S. The fraction of sp³-hybridized carbons (Fsp3) is 0.800. The van der Waals surface area contributed by atoms with E-state index in [1.165, 1.54) is 0 Å². The van der Waals surface area contributed by atoms with Gasteiger partial charge in [0.05, 0.1) is 5.92 Å². The summed E-state index contributed by atoms with van der Waals surface area (Å²) in [4.78, 5) is 22.1. The van der Waals surface area contributed by atoms with Crippen molar-refractivity contribution in [3.8, 4) is 0 Å². The van der Waals surface area contributed by atoms with Gasteiger partial charge in [-0.1, -0.05) is 0 Å². The third kappa shape index (κ3) is 2.37. The van der Waals surface area contributed by atoms with Crippen LogP contribution in [0.3, 0.4) is 0 Å². The van der Waals surface area contributed by atoms with Gasteiger partial charge in [-0.15, -0.1) is 0 Å². The molecule has 1 amide bonds. The van der Waals surface area contributed by atoms with Gasteiger partial charge in [-0.25, -0.2) is 8.91 Å². The van der Waals surface area contributed by atoms with Crippen LogP contribution in [0.5, 0.6) is 0 Å². The van der Waals surface area contributed by atoms with Crippen LogP contribution in [-0.4, -0.2) is 38.7 Å². The van der Waals surface area contributed by atoms with Crippen LogP contribution in [-0.2, 0) is 28.8 Å². The summed E-state index contributed by atoms with van der Waals surface area (Å²) in [6.07, 6.45) is -6.26. The van der Waals surface area contributed by atoms with Crippen molar-refractivity contribution < 1.29 is 40.1 Å². The molecule has 5 unspecified atom stereocenters. The van der Waals surface area contributed by atoms with E-state index in [2.05, 4.69) is 4.18 Å². The second-order valence-electron chi connectivity index (χ2n) is 5.35. The van der Waals surface area contributed by atoms with Gasteiger partial charge in [-0.05, 0) is 18.8 Å². The zero-order valence-electron chi connectivity index (χ0n) is 10.3. The van der Waals surface area contributed by atoms with E-state index in [9.17, 15) is 31.2 Å². The number of ether oxygens (including phenoxy) is 1. The number of hydrogen-bond acceptors (Lipinski definition) is 6. The largest absolute Gasteiger partial charge is 0.472 e. The second kappa shape index (κ2) is 4.32. The van der Waals surface area contributed by atoms with Crippen molar-refractivity contribution in [2.24, 2.45) is 17.8 Å². The number of carbonyl (C=O) groups is 2. The molecular weight excluding hydrogens is 319 g/mol. The zero-order chi connectivity index (χ0) is 15.6. The normalized spacial score (nSPS) is 37.7. The lowest BCUT2D eigenvalue weighted by atomic mass is 9.88. The Bertz CT molecular complexity index is 602. The number of halogens is 3. The molecule has 5 atom stereocenters. The van der Waals surface area contributed by atoms with Crippen molar-refractivity contribution in [3.63, 3.8) is 0 Å². The minimum atomic E-state index is -5.34. The maximum Gasteiger partial charge on any atom is 0.472 e. The van der Waals surface area contributed by atoms with Gasteiger partial charge in [0.1, 0.15) is 12.2 Å². The Hall–Kier alpha value is -1.36. The number of nitrogens with one attached hydrogen (secondary N) is 1. The molecule has 0 aromatic heterocycles. The molecule has 2 aliphatic carbocycles. The molecule has 11 heteroatoms. The quantitative estimate of drug-likeness (QED) is 0.725. The molecule has 21 heavy (non-hydrogen) atoms. The van der Waals surface area contributed by atoms with Crippen molar-refractivity contribution in [2.45, 2.75) is 31.2 Å². The molecule has 1 heterocycles. The van der Waals surface area contributed by atoms with Gasteiger partial charge in [-0.2, -0.15) is 21.6 Å². The highest BCUT2D eigenvalue weighted by Gasteiger charge is 2.63. The highest BCUT2D eigenvalue weighted by Crippen LogP contribution is 2.55. The van der Waals surface area contributed by atoms with Crippen LogP contribution in [0.25, 0.3) is 0 Å². The molecule has 118 valence electrons.